The van der Waals surface area contributed by atoms with E-state index in [0.717, 1.165) is 17.0 Å². The predicted octanol–water partition coefficient (Wildman–Crippen LogP) is 4.92. The van der Waals surface area contributed by atoms with Crippen molar-refractivity contribution in [3.05, 3.63) is 176 Å². The molecular weight excluding hydrogens is 503 g/mol. The van der Waals surface area contributed by atoms with Crippen LogP contribution in [0.25, 0.3) is 0 Å². The van der Waals surface area contributed by atoms with Gasteiger partial charge in [0.25, 0.3) is 0 Å². The summed E-state index contributed by atoms with van der Waals surface area (Å²) in [4.78, 5) is 0. The molecular formula is C36H29BO2Si. The Labute approximate surface area is 237 Å². The average Bonchev–Trinajstić information content (AvgIpc) is 3.04. The van der Waals surface area contributed by atoms with Gasteiger partial charge in [0.15, 0.2) is 8.07 Å². The van der Waals surface area contributed by atoms with Crippen molar-refractivity contribution in [2.45, 2.75) is 0 Å². The third-order valence-corrected chi connectivity index (χ3v) is 12.1. The molecule has 40 heavy (non-hydrogen) atoms. The van der Waals surface area contributed by atoms with Gasteiger partial charge in [0.2, 0.25) is 0 Å². The van der Waals surface area contributed by atoms with E-state index in [2.05, 4.69) is 115 Å². The predicted molar refractivity (Wildman–Crippen MR) is 170 cm³/mol. The minimum Gasteiger partial charge on any atom is -0.522 e. The smallest absolute Gasteiger partial charge is 0.522 e. The van der Waals surface area contributed by atoms with E-state index in [-0.39, 0.29) is 0 Å². The lowest BCUT2D eigenvalue weighted by Gasteiger charge is -2.36. The fourth-order valence-electron chi connectivity index (χ4n) is 5.47. The molecule has 6 rings (SSSR count). The van der Waals surface area contributed by atoms with Gasteiger partial charge in [-0.2, -0.15) is 0 Å². The Bertz CT molecular complexity index is 1490. The molecule has 0 heterocycles. The Hall–Kier alpha value is -4.80. The molecule has 0 aromatic heterocycles. The summed E-state index contributed by atoms with van der Waals surface area (Å²) < 4.78 is 13.3. The van der Waals surface area contributed by atoms with Gasteiger partial charge in [0.1, 0.15) is 11.5 Å². The summed E-state index contributed by atoms with van der Waals surface area (Å²) in [5, 5.41) is 5.14. The van der Waals surface area contributed by atoms with Crippen LogP contribution in [0.5, 0.6) is 11.5 Å². The van der Waals surface area contributed by atoms with Crippen LogP contribution in [0, 0.1) is 0 Å². The van der Waals surface area contributed by atoms with Gasteiger partial charge in [-0.15, -0.1) is 0 Å². The fraction of sp³-hybridized carbons (Fsp3) is 0. The molecule has 0 N–H and O–H groups in total. The molecule has 0 fully saturated rings. The molecule has 0 bridgehead atoms. The zero-order valence-electron chi connectivity index (χ0n) is 22.1. The summed E-state index contributed by atoms with van der Waals surface area (Å²) in [5.41, 5.74) is 1.01. The summed E-state index contributed by atoms with van der Waals surface area (Å²) in [6, 6.07) is 61.2. The summed E-state index contributed by atoms with van der Waals surface area (Å²) in [7, 11) is -3.46. The molecule has 0 aliphatic carbocycles. The quantitative estimate of drug-likeness (QED) is 0.195. The molecule has 0 aliphatic rings. The monoisotopic (exact) mass is 532 g/mol. The summed E-state index contributed by atoms with van der Waals surface area (Å²) in [5.74, 6) is 1.51. The van der Waals surface area contributed by atoms with Crippen molar-refractivity contribution in [2.24, 2.45) is 0 Å². The first kappa shape index (κ1) is 25.5. The van der Waals surface area contributed by atoms with Crippen molar-refractivity contribution in [3.8, 4) is 11.5 Å². The molecule has 6 aromatic carbocycles. The molecule has 0 radical (unpaired) electrons. The zero-order valence-corrected chi connectivity index (χ0v) is 23.1. The molecule has 0 atom stereocenters. The van der Waals surface area contributed by atoms with E-state index in [1.165, 1.54) is 20.7 Å². The molecule has 6 aromatic rings. The molecule has 0 saturated carbocycles. The van der Waals surface area contributed by atoms with E-state index in [4.69, 9.17) is 9.31 Å². The average molecular weight is 533 g/mol. The molecule has 0 amide bonds. The van der Waals surface area contributed by atoms with Gasteiger partial charge in [0, 0.05) is 5.46 Å². The molecule has 0 saturated heterocycles. The molecule has 0 unspecified atom stereocenters. The Kier molecular flexibility index (Phi) is 7.60. The second-order valence-electron chi connectivity index (χ2n) is 9.63. The SMILES string of the molecule is c1ccc(OB(Oc2ccccc2)c2ccccc2[Si](c2ccccc2)(c2ccccc2)c2ccccc2)cc1. The lowest BCUT2D eigenvalue weighted by molar-refractivity contribution is 0.439. The maximum atomic E-state index is 6.65. The summed E-state index contributed by atoms with van der Waals surface area (Å²) >= 11 is 0. The zero-order chi connectivity index (χ0) is 27.0. The third kappa shape index (κ3) is 5.10. The van der Waals surface area contributed by atoms with Crippen LogP contribution in [-0.2, 0) is 0 Å². The van der Waals surface area contributed by atoms with E-state index in [1.807, 2.05) is 60.7 Å². The van der Waals surface area contributed by atoms with Crippen molar-refractivity contribution < 1.29 is 9.31 Å². The van der Waals surface area contributed by atoms with Crippen molar-refractivity contribution >= 4 is 41.4 Å². The number of rotatable bonds is 9. The normalized spacial score (nSPS) is 11.0. The van der Waals surface area contributed by atoms with Crippen molar-refractivity contribution in [1.29, 1.82) is 0 Å². The topological polar surface area (TPSA) is 18.5 Å². The highest BCUT2D eigenvalue weighted by Gasteiger charge is 2.45. The third-order valence-electron chi connectivity index (χ3n) is 7.21. The highest BCUT2D eigenvalue weighted by atomic mass is 28.3. The maximum Gasteiger partial charge on any atom is 0.632 e. The van der Waals surface area contributed by atoms with Gasteiger partial charge < -0.3 is 9.31 Å². The van der Waals surface area contributed by atoms with Gasteiger partial charge in [-0.05, 0) is 45.0 Å². The number of benzene rings is 6. The van der Waals surface area contributed by atoms with Crippen LogP contribution in [0.3, 0.4) is 0 Å². The lowest BCUT2D eigenvalue weighted by Crippen LogP contribution is -2.78. The van der Waals surface area contributed by atoms with Gasteiger partial charge >= 0.3 is 7.12 Å². The first-order valence-corrected chi connectivity index (χ1v) is 15.5. The highest BCUT2D eigenvalue weighted by molar-refractivity contribution is 7.21. The van der Waals surface area contributed by atoms with Gasteiger partial charge in [-0.3, -0.25) is 0 Å². The van der Waals surface area contributed by atoms with Crippen molar-refractivity contribution in [1.82, 2.24) is 0 Å². The summed E-state index contributed by atoms with van der Waals surface area (Å²) in [6.07, 6.45) is 0. The van der Waals surface area contributed by atoms with Crippen LogP contribution in [0.2, 0.25) is 0 Å². The Morgan fingerprint density at radius 2 is 0.675 bits per heavy atom. The Morgan fingerprint density at radius 3 is 1.07 bits per heavy atom. The lowest BCUT2D eigenvalue weighted by atomic mass is 9.78. The standard InChI is InChI=1S/C36H29BO2Si/c1-6-18-30(19-7-1)38-37(39-31-20-8-2-9-21-31)35-28-16-17-29-36(35)40(32-22-10-3-11-23-32,33-24-12-4-13-25-33)34-26-14-5-15-27-34/h1-29H. The molecule has 4 heteroatoms. The van der Waals surface area contributed by atoms with Crippen molar-refractivity contribution in [3.63, 3.8) is 0 Å². The van der Waals surface area contributed by atoms with Gasteiger partial charge in [-0.25, -0.2) is 0 Å². The van der Waals surface area contributed by atoms with E-state index in [1.54, 1.807) is 0 Å². The van der Waals surface area contributed by atoms with Crippen LogP contribution in [0.4, 0.5) is 0 Å². The number of para-hydroxylation sites is 2. The van der Waals surface area contributed by atoms with Crippen molar-refractivity contribution in [2.75, 3.05) is 0 Å². The first-order chi connectivity index (χ1) is 19.9. The van der Waals surface area contributed by atoms with Gasteiger partial charge in [-0.1, -0.05) is 152 Å². The molecule has 2 nitrogen and oxygen atoms in total. The molecule has 0 aliphatic heterocycles. The van der Waals surface area contributed by atoms with E-state index >= 15 is 0 Å². The highest BCUT2D eigenvalue weighted by Crippen LogP contribution is 2.16. The molecule has 0 spiro atoms. The van der Waals surface area contributed by atoms with E-state index in [9.17, 15) is 0 Å². The number of hydrogen-bond acceptors (Lipinski definition) is 2. The largest absolute Gasteiger partial charge is 0.632 e. The van der Waals surface area contributed by atoms with Crippen LogP contribution in [-0.4, -0.2) is 15.2 Å². The Balaban J connectivity index is 1.63. The van der Waals surface area contributed by atoms with Crippen LogP contribution >= 0.6 is 0 Å². The fourth-order valence-corrected chi connectivity index (χ4v) is 10.5. The van der Waals surface area contributed by atoms with Gasteiger partial charge in [0.05, 0.1) is 0 Å². The van der Waals surface area contributed by atoms with E-state index < -0.39 is 15.2 Å². The van der Waals surface area contributed by atoms with Crippen LogP contribution in [0.1, 0.15) is 0 Å². The summed E-state index contributed by atoms with van der Waals surface area (Å²) in [6.45, 7) is 0. The number of hydrogen-bond donors (Lipinski definition) is 0. The molecule has 192 valence electrons. The van der Waals surface area contributed by atoms with E-state index in [0.29, 0.717) is 0 Å². The maximum absolute atomic E-state index is 6.65. The first-order valence-electron chi connectivity index (χ1n) is 13.5. The second kappa shape index (κ2) is 11.9. The second-order valence-corrected chi connectivity index (χ2v) is 13.4. The van der Waals surface area contributed by atoms with Crippen LogP contribution < -0.4 is 35.5 Å². The van der Waals surface area contributed by atoms with Crippen LogP contribution in [0.15, 0.2) is 176 Å². The Morgan fingerprint density at radius 1 is 0.350 bits per heavy atom. The minimum absolute atomic E-state index is 0.663. The minimum atomic E-state index is -2.80.